The minimum Gasteiger partial charge on any atom is -0.508 e. The third-order valence-corrected chi connectivity index (χ3v) is 2.49. The molecule has 1 aromatic carbocycles. The van der Waals surface area contributed by atoms with Crippen LogP contribution in [-0.2, 0) is 6.54 Å². The van der Waals surface area contributed by atoms with Gasteiger partial charge >= 0.3 is 0 Å². The van der Waals surface area contributed by atoms with Crippen LogP contribution in [0.1, 0.15) is 21.8 Å². The van der Waals surface area contributed by atoms with E-state index in [2.05, 4.69) is 10.3 Å². The van der Waals surface area contributed by atoms with Crippen molar-refractivity contribution in [2.24, 2.45) is 0 Å². The van der Waals surface area contributed by atoms with Gasteiger partial charge < -0.3 is 19.9 Å². The van der Waals surface area contributed by atoms with E-state index in [1.807, 2.05) is 0 Å². The zero-order chi connectivity index (χ0) is 13.1. The zero-order valence-corrected chi connectivity index (χ0v) is 9.67. The number of aryl methyl sites for hydroxylation is 1. The molecule has 0 aliphatic rings. The second-order valence-electron chi connectivity index (χ2n) is 3.74. The molecule has 2 rings (SSSR count). The summed E-state index contributed by atoms with van der Waals surface area (Å²) in [6, 6.07) is 3.78. The molecule has 0 atom stereocenters. The molecule has 0 fully saturated rings. The summed E-state index contributed by atoms with van der Waals surface area (Å²) in [5.74, 6) is -0.194. The van der Waals surface area contributed by atoms with Crippen molar-refractivity contribution in [3.8, 4) is 11.5 Å². The average molecular weight is 248 g/mol. The van der Waals surface area contributed by atoms with Crippen molar-refractivity contribution in [1.29, 1.82) is 0 Å². The van der Waals surface area contributed by atoms with Gasteiger partial charge in [-0.2, -0.15) is 0 Å². The van der Waals surface area contributed by atoms with E-state index in [0.717, 1.165) is 6.07 Å². The summed E-state index contributed by atoms with van der Waals surface area (Å²) in [4.78, 5) is 15.7. The number of oxazole rings is 1. The molecule has 0 saturated heterocycles. The Labute approximate surface area is 103 Å². The van der Waals surface area contributed by atoms with E-state index in [9.17, 15) is 9.90 Å². The number of carbonyl (C=O) groups excluding carboxylic acids is 1. The van der Waals surface area contributed by atoms with Crippen molar-refractivity contribution < 1.29 is 19.4 Å². The van der Waals surface area contributed by atoms with Crippen LogP contribution < -0.4 is 5.32 Å². The maximum atomic E-state index is 11.8. The highest BCUT2D eigenvalue weighted by molar-refractivity contribution is 5.96. The Hall–Kier alpha value is -2.50. The largest absolute Gasteiger partial charge is 0.508 e. The lowest BCUT2D eigenvalue weighted by Crippen LogP contribution is -2.23. The average Bonchev–Trinajstić information content (AvgIpc) is 2.72. The Morgan fingerprint density at radius 3 is 2.83 bits per heavy atom. The van der Waals surface area contributed by atoms with Crippen molar-refractivity contribution >= 4 is 5.91 Å². The Bertz CT molecular complexity index is 577. The normalized spacial score (nSPS) is 10.3. The van der Waals surface area contributed by atoms with Crippen LogP contribution in [0.2, 0.25) is 0 Å². The summed E-state index contributed by atoms with van der Waals surface area (Å²) in [5.41, 5.74) is 0.718. The molecule has 94 valence electrons. The fourth-order valence-electron chi connectivity index (χ4n) is 1.47. The van der Waals surface area contributed by atoms with Crippen molar-refractivity contribution in [3.05, 3.63) is 41.6 Å². The van der Waals surface area contributed by atoms with Gasteiger partial charge in [-0.25, -0.2) is 4.98 Å². The number of phenolic OH excluding ortho intramolecular Hbond substituents is 2. The molecule has 0 aliphatic carbocycles. The highest BCUT2D eigenvalue weighted by atomic mass is 16.3. The standard InChI is InChI=1S/C12H12N2O4/c1-7-10(14-6-18-7)5-13-12(17)9-3-2-8(15)4-11(9)16/h2-4,6,15-16H,5H2,1H3,(H,13,17). The molecule has 0 spiro atoms. The molecule has 0 radical (unpaired) electrons. The van der Waals surface area contributed by atoms with Gasteiger partial charge in [0.15, 0.2) is 6.39 Å². The van der Waals surface area contributed by atoms with Gasteiger partial charge in [0.2, 0.25) is 0 Å². The van der Waals surface area contributed by atoms with Crippen LogP contribution >= 0.6 is 0 Å². The number of nitrogens with one attached hydrogen (secondary N) is 1. The van der Waals surface area contributed by atoms with Crippen LogP contribution in [0, 0.1) is 6.92 Å². The fourth-order valence-corrected chi connectivity index (χ4v) is 1.47. The molecule has 0 unspecified atom stereocenters. The first-order valence-corrected chi connectivity index (χ1v) is 5.27. The Morgan fingerprint density at radius 2 is 2.22 bits per heavy atom. The van der Waals surface area contributed by atoms with Crippen molar-refractivity contribution in [3.63, 3.8) is 0 Å². The molecular formula is C12H12N2O4. The molecule has 1 amide bonds. The van der Waals surface area contributed by atoms with Crippen LogP contribution in [0.3, 0.4) is 0 Å². The summed E-state index contributed by atoms with van der Waals surface area (Å²) >= 11 is 0. The van der Waals surface area contributed by atoms with Gasteiger partial charge in [-0.3, -0.25) is 4.79 Å². The summed E-state index contributed by atoms with van der Waals surface area (Å²) < 4.78 is 5.00. The molecule has 0 aliphatic heterocycles. The lowest BCUT2D eigenvalue weighted by atomic mass is 10.2. The number of aromatic hydroxyl groups is 2. The topological polar surface area (TPSA) is 95.6 Å². The summed E-state index contributed by atoms with van der Waals surface area (Å²) in [5, 5.41) is 21.2. The first-order chi connectivity index (χ1) is 8.58. The number of hydrogen-bond acceptors (Lipinski definition) is 5. The lowest BCUT2D eigenvalue weighted by molar-refractivity contribution is 0.0947. The number of phenols is 2. The van der Waals surface area contributed by atoms with E-state index >= 15 is 0 Å². The van der Waals surface area contributed by atoms with Crippen LogP contribution in [0.5, 0.6) is 11.5 Å². The van der Waals surface area contributed by atoms with E-state index in [1.165, 1.54) is 18.5 Å². The number of benzene rings is 1. The monoisotopic (exact) mass is 248 g/mol. The third-order valence-electron chi connectivity index (χ3n) is 2.49. The van der Waals surface area contributed by atoms with E-state index in [0.29, 0.717) is 11.5 Å². The Kier molecular flexibility index (Phi) is 3.18. The molecule has 2 aromatic rings. The number of amides is 1. The zero-order valence-electron chi connectivity index (χ0n) is 9.67. The molecule has 6 nitrogen and oxygen atoms in total. The molecule has 0 bridgehead atoms. The highest BCUT2D eigenvalue weighted by Gasteiger charge is 2.12. The summed E-state index contributed by atoms with van der Waals surface area (Å²) in [6.45, 7) is 1.95. The fraction of sp³-hybridized carbons (Fsp3) is 0.167. The van der Waals surface area contributed by atoms with Gasteiger partial charge in [-0.05, 0) is 19.1 Å². The van der Waals surface area contributed by atoms with Gasteiger partial charge in [0.05, 0.1) is 12.1 Å². The van der Waals surface area contributed by atoms with Crippen LogP contribution in [0.4, 0.5) is 0 Å². The number of hydrogen-bond donors (Lipinski definition) is 3. The molecule has 0 saturated carbocycles. The molecule has 1 aromatic heterocycles. The number of rotatable bonds is 3. The SMILES string of the molecule is Cc1ocnc1CNC(=O)c1ccc(O)cc1O. The number of carbonyl (C=O) groups is 1. The van der Waals surface area contributed by atoms with Gasteiger partial charge in [0.1, 0.15) is 23.0 Å². The maximum Gasteiger partial charge on any atom is 0.255 e. The van der Waals surface area contributed by atoms with E-state index in [4.69, 9.17) is 9.52 Å². The van der Waals surface area contributed by atoms with Gasteiger partial charge in [0, 0.05) is 6.07 Å². The van der Waals surface area contributed by atoms with Crippen LogP contribution in [0.15, 0.2) is 29.0 Å². The molecule has 6 heteroatoms. The van der Waals surface area contributed by atoms with Crippen molar-refractivity contribution in [1.82, 2.24) is 10.3 Å². The molecule has 1 heterocycles. The number of nitrogens with zero attached hydrogens (tertiary/aromatic N) is 1. The lowest BCUT2D eigenvalue weighted by Gasteiger charge is -2.06. The third kappa shape index (κ3) is 2.42. The maximum absolute atomic E-state index is 11.8. The van der Waals surface area contributed by atoms with Gasteiger partial charge in [-0.15, -0.1) is 0 Å². The minimum absolute atomic E-state index is 0.0916. The molecular weight excluding hydrogens is 236 g/mol. The summed E-state index contributed by atoms with van der Waals surface area (Å²) in [7, 11) is 0. The minimum atomic E-state index is -0.449. The van der Waals surface area contributed by atoms with Crippen LogP contribution in [0.25, 0.3) is 0 Å². The van der Waals surface area contributed by atoms with E-state index in [1.54, 1.807) is 6.92 Å². The van der Waals surface area contributed by atoms with E-state index in [-0.39, 0.29) is 23.6 Å². The molecule has 3 N–H and O–H groups in total. The first-order valence-electron chi connectivity index (χ1n) is 5.27. The first kappa shape index (κ1) is 12.0. The number of aromatic nitrogens is 1. The predicted octanol–water partition coefficient (Wildman–Crippen LogP) is 1.32. The smallest absolute Gasteiger partial charge is 0.255 e. The van der Waals surface area contributed by atoms with Crippen LogP contribution in [-0.4, -0.2) is 21.1 Å². The highest BCUT2D eigenvalue weighted by Crippen LogP contribution is 2.22. The Morgan fingerprint density at radius 1 is 1.44 bits per heavy atom. The quantitative estimate of drug-likeness (QED) is 0.761. The Balaban J connectivity index is 2.06. The second-order valence-corrected chi connectivity index (χ2v) is 3.74. The van der Waals surface area contributed by atoms with Crippen molar-refractivity contribution in [2.45, 2.75) is 13.5 Å². The van der Waals surface area contributed by atoms with Crippen molar-refractivity contribution in [2.75, 3.05) is 0 Å². The second kappa shape index (κ2) is 4.79. The predicted molar refractivity (Wildman–Crippen MR) is 62.2 cm³/mol. The molecule has 18 heavy (non-hydrogen) atoms. The summed E-state index contributed by atoms with van der Waals surface area (Å²) in [6.07, 6.45) is 1.30. The van der Waals surface area contributed by atoms with Gasteiger partial charge in [0.25, 0.3) is 5.91 Å². The van der Waals surface area contributed by atoms with Gasteiger partial charge in [-0.1, -0.05) is 0 Å². The van der Waals surface area contributed by atoms with E-state index < -0.39 is 5.91 Å².